The molecule has 0 bridgehead atoms. The molecule has 1 atom stereocenters. The van der Waals surface area contributed by atoms with E-state index >= 15 is 0 Å². The second kappa shape index (κ2) is 4.74. The first-order valence-electron chi connectivity index (χ1n) is 5.02. The van der Waals surface area contributed by atoms with Gasteiger partial charge in [0.2, 0.25) is 5.88 Å². The van der Waals surface area contributed by atoms with Crippen LogP contribution in [0, 0.1) is 6.92 Å². The first-order chi connectivity index (χ1) is 7.29. The van der Waals surface area contributed by atoms with Gasteiger partial charge < -0.3 is 10.5 Å². The summed E-state index contributed by atoms with van der Waals surface area (Å²) in [6.45, 7) is 3.72. The van der Waals surface area contributed by atoms with Crippen molar-refractivity contribution in [1.82, 2.24) is 4.98 Å². The zero-order valence-electron chi connectivity index (χ0n) is 9.63. The number of hydrogen-bond acceptors (Lipinski definition) is 3. The van der Waals surface area contributed by atoms with E-state index in [0.29, 0.717) is 5.56 Å². The fraction of sp³-hybridized carbons (Fsp3) is 0.545. The fourth-order valence-electron chi connectivity index (χ4n) is 1.18. The van der Waals surface area contributed by atoms with Crippen LogP contribution in [0.25, 0.3) is 0 Å². The predicted octanol–water partition coefficient (Wildman–Crippen LogP) is 2.44. The Hall–Kier alpha value is -1.23. The SMILES string of the molecule is Cc1cc([C@@H](C)N)cnc1OCC(C)(F)F. The molecule has 0 fully saturated rings. The lowest BCUT2D eigenvalue weighted by molar-refractivity contribution is -0.0244. The van der Waals surface area contributed by atoms with Gasteiger partial charge in [-0.15, -0.1) is 0 Å². The predicted molar refractivity (Wildman–Crippen MR) is 57.7 cm³/mol. The van der Waals surface area contributed by atoms with Gasteiger partial charge in [-0.05, 0) is 25.5 Å². The summed E-state index contributed by atoms with van der Waals surface area (Å²) in [5.41, 5.74) is 7.24. The molecule has 1 aromatic rings. The molecule has 1 heterocycles. The molecule has 2 N–H and O–H groups in total. The molecule has 0 aliphatic rings. The number of nitrogens with zero attached hydrogens (tertiary/aromatic N) is 1. The molecule has 0 spiro atoms. The lowest BCUT2D eigenvalue weighted by atomic mass is 10.1. The van der Waals surface area contributed by atoms with Crippen LogP contribution in [0.15, 0.2) is 12.3 Å². The molecular weight excluding hydrogens is 214 g/mol. The van der Waals surface area contributed by atoms with E-state index in [1.807, 2.05) is 6.92 Å². The van der Waals surface area contributed by atoms with Gasteiger partial charge in [-0.1, -0.05) is 0 Å². The van der Waals surface area contributed by atoms with Crippen LogP contribution >= 0.6 is 0 Å². The van der Waals surface area contributed by atoms with E-state index in [9.17, 15) is 8.78 Å². The molecule has 0 radical (unpaired) electrons. The standard InChI is InChI=1S/C11H16F2N2O/c1-7-4-9(8(2)14)5-15-10(7)16-6-11(3,12)13/h4-5,8H,6,14H2,1-3H3/t8-/m1/s1. The Morgan fingerprint density at radius 1 is 1.56 bits per heavy atom. The summed E-state index contributed by atoms with van der Waals surface area (Å²) < 4.78 is 30.1. The number of pyridine rings is 1. The van der Waals surface area contributed by atoms with E-state index < -0.39 is 12.5 Å². The highest BCUT2D eigenvalue weighted by molar-refractivity contribution is 5.29. The zero-order chi connectivity index (χ0) is 12.3. The summed E-state index contributed by atoms with van der Waals surface area (Å²) in [6.07, 6.45) is 1.54. The topological polar surface area (TPSA) is 48.1 Å². The van der Waals surface area contributed by atoms with Crippen molar-refractivity contribution in [2.75, 3.05) is 6.61 Å². The van der Waals surface area contributed by atoms with Crippen LogP contribution in [0.4, 0.5) is 8.78 Å². The number of alkyl halides is 2. The first kappa shape index (κ1) is 12.8. The summed E-state index contributed by atoms with van der Waals surface area (Å²) in [6, 6.07) is 1.66. The van der Waals surface area contributed by atoms with Crippen molar-refractivity contribution in [3.8, 4) is 5.88 Å². The lowest BCUT2D eigenvalue weighted by Crippen LogP contribution is -2.21. The van der Waals surface area contributed by atoms with Crippen molar-refractivity contribution in [1.29, 1.82) is 0 Å². The highest BCUT2D eigenvalue weighted by Crippen LogP contribution is 2.20. The van der Waals surface area contributed by atoms with Gasteiger partial charge in [0, 0.05) is 24.7 Å². The minimum Gasteiger partial charge on any atom is -0.471 e. The average molecular weight is 230 g/mol. The molecule has 0 amide bonds. The molecule has 0 saturated carbocycles. The Kier molecular flexibility index (Phi) is 3.80. The van der Waals surface area contributed by atoms with Crippen LogP contribution in [0.2, 0.25) is 0 Å². The quantitative estimate of drug-likeness (QED) is 0.864. The third kappa shape index (κ3) is 3.73. The molecule has 0 aromatic carbocycles. The van der Waals surface area contributed by atoms with Crippen LogP contribution in [0.1, 0.15) is 31.0 Å². The van der Waals surface area contributed by atoms with E-state index in [2.05, 4.69) is 4.98 Å². The molecule has 0 unspecified atom stereocenters. The lowest BCUT2D eigenvalue weighted by Gasteiger charge is -2.14. The van der Waals surface area contributed by atoms with Crippen LogP contribution < -0.4 is 10.5 Å². The second-order valence-corrected chi connectivity index (χ2v) is 4.04. The third-order valence-corrected chi connectivity index (χ3v) is 2.04. The van der Waals surface area contributed by atoms with Gasteiger partial charge in [0.25, 0.3) is 5.92 Å². The van der Waals surface area contributed by atoms with Gasteiger partial charge in [0.1, 0.15) is 0 Å². The maximum atomic E-state index is 12.6. The molecule has 1 rings (SSSR count). The summed E-state index contributed by atoms with van der Waals surface area (Å²) in [4.78, 5) is 3.97. The van der Waals surface area contributed by atoms with E-state index in [4.69, 9.17) is 10.5 Å². The van der Waals surface area contributed by atoms with Gasteiger partial charge in [0.15, 0.2) is 6.61 Å². The molecule has 16 heavy (non-hydrogen) atoms. The monoisotopic (exact) mass is 230 g/mol. The van der Waals surface area contributed by atoms with Gasteiger partial charge in [0.05, 0.1) is 0 Å². The normalized spacial score (nSPS) is 13.6. The molecule has 0 aliphatic carbocycles. The highest BCUT2D eigenvalue weighted by atomic mass is 19.3. The Morgan fingerprint density at radius 2 is 2.19 bits per heavy atom. The smallest absolute Gasteiger partial charge is 0.278 e. The van der Waals surface area contributed by atoms with Gasteiger partial charge in [-0.25, -0.2) is 13.8 Å². The zero-order valence-corrected chi connectivity index (χ0v) is 9.63. The Bertz CT molecular complexity index is 361. The molecule has 1 aromatic heterocycles. The highest BCUT2D eigenvalue weighted by Gasteiger charge is 2.22. The first-order valence-corrected chi connectivity index (χ1v) is 5.02. The molecule has 3 nitrogen and oxygen atoms in total. The van der Waals surface area contributed by atoms with Gasteiger partial charge in [-0.2, -0.15) is 0 Å². The maximum Gasteiger partial charge on any atom is 0.278 e. The summed E-state index contributed by atoms with van der Waals surface area (Å²) in [7, 11) is 0. The Labute approximate surface area is 93.6 Å². The van der Waals surface area contributed by atoms with Crippen molar-refractivity contribution in [2.24, 2.45) is 5.73 Å². The molecule has 90 valence electrons. The van der Waals surface area contributed by atoms with Crippen molar-refractivity contribution >= 4 is 0 Å². The Morgan fingerprint density at radius 3 is 2.62 bits per heavy atom. The van der Waals surface area contributed by atoms with Crippen LogP contribution in [-0.2, 0) is 0 Å². The second-order valence-electron chi connectivity index (χ2n) is 4.04. The molecular formula is C11H16F2N2O. The van der Waals surface area contributed by atoms with Crippen molar-refractivity contribution in [3.63, 3.8) is 0 Å². The molecule has 5 heteroatoms. The number of hydrogen-bond donors (Lipinski definition) is 1. The number of rotatable bonds is 4. The van der Waals surface area contributed by atoms with E-state index in [1.54, 1.807) is 19.2 Å². The number of aryl methyl sites for hydroxylation is 1. The van der Waals surface area contributed by atoms with Crippen molar-refractivity contribution < 1.29 is 13.5 Å². The summed E-state index contributed by atoms with van der Waals surface area (Å²) in [5, 5.41) is 0. The number of nitrogens with two attached hydrogens (primary N) is 1. The molecule has 0 aliphatic heterocycles. The van der Waals surface area contributed by atoms with Crippen molar-refractivity contribution in [3.05, 3.63) is 23.4 Å². The van der Waals surface area contributed by atoms with Crippen LogP contribution in [0.3, 0.4) is 0 Å². The number of aromatic nitrogens is 1. The van der Waals surface area contributed by atoms with Gasteiger partial charge in [-0.3, -0.25) is 0 Å². The van der Waals surface area contributed by atoms with Gasteiger partial charge >= 0.3 is 0 Å². The number of halogens is 2. The third-order valence-electron chi connectivity index (χ3n) is 2.04. The van der Waals surface area contributed by atoms with Crippen LogP contribution in [-0.4, -0.2) is 17.5 Å². The minimum atomic E-state index is -2.85. The minimum absolute atomic E-state index is 0.132. The fourth-order valence-corrected chi connectivity index (χ4v) is 1.18. The van der Waals surface area contributed by atoms with E-state index in [0.717, 1.165) is 12.5 Å². The summed E-state index contributed by atoms with van der Waals surface area (Å²) in [5.74, 6) is -2.63. The average Bonchev–Trinajstić information content (AvgIpc) is 2.14. The molecule has 0 saturated heterocycles. The summed E-state index contributed by atoms with van der Waals surface area (Å²) >= 11 is 0. The van der Waals surface area contributed by atoms with Crippen LogP contribution in [0.5, 0.6) is 5.88 Å². The number of ether oxygens (including phenoxy) is 1. The maximum absolute atomic E-state index is 12.6. The largest absolute Gasteiger partial charge is 0.471 e. The van der Waals surface area contributed by atoms with Crippen molar-refractivity contribution in [2.45, 2.75) is 32.7 Å². The van der Waals surface area contributed by atoms with E-state index in [1.165, 1.54) is 0 Å². The van der Waals surface area contributed by atoms with E-state index in [-0.39, 0.29) is 11.9 Å². The Balaban J connectivity index is 2.76.